The van der Waals surface area contributed by atoms with E-state index in [2.05, 4.69) is 18.8 Å². The van der Waals surface area contributed by atoms with E-state index in [-0.39, 0.29) is 11.7 Å². The predicted molar refractivity (Wildman–Crippen MR) is 141 cm³/mol. The quantitative estimate of drug-likeness (QED) is 0.302. The number of hydrogen-bond acceptors (Lipinski definition) is 4. The number of carbonyl (C=O) groups is 2. The first-order valence-electron chi connectivity index (χ1n) is 12.2. The zero-order chi connectivity index (χ0) is 25.4. The molecule has 1 heterocycles. The second kappa shape index (κ2) is 12.6. The maximum absolute atomic E-state index is 14.9. The Balaban J connectivity index is 1.73. The smallest absolute Gasteiger partial charge is 0.318 e. The number of amides is 2. The Morgan fingerprint density at radius 2 is 1.66 bits per heavy atom. The zero-order valence-electron chi connectivity index (χ0n) is 21.0. The van der Waals surface area contributed by atoms with Crippen LogP contribution >= 0.6 is 11.3 Å². The minimum absolute atomic E-state index is 0.163. The first-order chi connectivity index (χ1) is 16.9. The summed E-state index contributed by atoms with van der Waals surface area (Å²) in [5.74, 6) is -1.51. The van der Waals surface area contributed by atoms with E-state index in [9.17, 15) is 14.0 Å². The summed E-state index contributed by atoms with van der Waals surface area (Å²) in [5, 5.41) is 2.32. The fraction of sp³-hybridized carbons (Fsp3) is 0.393. The van der Waals surface area contributed by atoms with E-state index in [0.717, 1.165) is 42.5 Å². The van der Waals surface area contributed by atoms with Gasteiger partial charge in [0.1, 0.15) is 5.82 Å². The SMILES string of the molecule is CCCCN(CCCC)C(=O)C(=O)N(C)c1nc(C(C)c2ccc(-c3ccccc3)c(F)c2)cs1. The average molecular weight is 496 g/mol. The van der Waals surface area contributed by atoms with Crippen molar-refractivity contribution in [3.63, 3.8) is 0 Å². The molecule has 3 rings (SSSR count). The highest BCUT2D eigenvalue weighted by atomic mass is 32.1. The van der Waals surface area contributed by atoms with Crippen LogP contribution in [0.25, 0.3) is 11.1 Å². The van der Waals surface area contributed by atoms with Crippen molar-refractivity contribution < 1.29 is 14.0 Å². The summed E-state index contributed by atoms with van der Waals surface area (Å²) in [6.07, 6.45) is 3.65. The first-order valence-corrected chi connectivity index (χ1v) is 13.1. The first kappa shape index (κ1) is 26.5. The van der Waals surface area contributed by atoms with Crippen molar-refractivity contribution in [3.05, 3.63) is 71.0 Å². The molecular formula is C28H34FN3O2S. The average Bonchev–Trinajstić information content (AvgIpc) is 3.38. The van der Waals surface area contributed by atoms with Crippen molar-refractivity contribution in [2.45, 2.75) is 52.4 Å². The van der Waals surface area contributed by atoms with Gasteiger partial charge < -0.3 is 4.90 Å². The van der Waals surface area contributed by atoms with Gasteiger partial charge in [0.25, 0.3) is 0 Å². The molecule has 1 unspecified atom stereocenters. The van der Waals surface area contributed by atoms with Gasteiger partial charge in [-0.2, -0.15) is 0 Å². The van der Waals surface area contributed by atoms with Crippen LogP contribution in [0, 0.1) is 5.82 Å². The topological polar surface area (TPSA) is 53.5 Å². The highest BCUT2D eigenvalue weighted by Crippen LogP contribution is 2.32. The van der Waals surface area contributed by atoms with Gasteiger partial charge in [0.05, 0.1) is 5.69 Å². The molecule has 0 radical (unpaired) electrons. The van der Waals surface area contributed by atoms with Gasteiger partial charge in [-0.25, -0.2) is 9.37 Å². The summed E-state index contributed by atoms with van der Waals surface area (Å²) < 4.78 is 14.9. The normalized spacial score (nSPS) is 11.8. The lowest BCUT2D eigenvalue weighted by Crippen LogP contribution is -2.44. The molecule has 7 heteroatoms. The molecule has 186 valence electrons. The number of anilines is 1. The van der Waals surface area contributed by atoms with Gasteiger partial charge in [-0.15, -0.1) is 11.3 Å². The Hall–Kier alpha value is -3.06. The van der Waals surface area contributed by atoms with Crippen molar-refractivity contribution >= 4 is 28.3 Å². The Labute approximate surface area is 211 Å². The highest BCUT2D eigenvalue weighted by Gasteiger charge is 2.27. The molecule has 0 N–H and O–H groups in total. The molecule has 0 saturated carbocycles. The van der Waals surface area contributed by atoms with Gasteiger partial charge in [0.15, 0.2) is 5.13 Å². The summed E-state index contributed by atoms with van der Waals surface area (Å²) in [4.78, 5) is 33.4. The van der Waals surface area contributed by atoms with E-state index in [0.29, 0.717) is 23.8 Å². The maximum atomic E-state index is 14.9. The predicted octanol–water partition coefficient (Wildman–Crippen LogP) is 6.49. The van der Waals surface area contributed by atoms with Crippen LogP contribution in [0.4, 0.5) is 9.52 Å². The molecule has 0 aliphatic rings. The van der Waals surface area contributed by atoms with Gasteiger partial charge in [-0.1, -0.05) is 76.1 Å². The summed E-state index contributed by atoms with van der Waals surface area (Å²) in [5.41, 5.74) is 2.92. The molecule has 0 fully saturated rings. The number of aromatic nitrogens is 1. The Morgan fingerprint density at radius 1 is 1.00 bits per heavy atom. The molecule has 1 aromatic heterocycles. The van der Waals surface area contributed by atoms with Crippen molar-refractivity contribution in [2.75, 3.05) is 25.0 Å². The minimum Gasteiger partial charge on any atom is -0.334 e. The van der Waals surface area contributed by atoms with Gasteiger partial charge >= 0.3 is 11.8 Å². The van der Waals surface area contributed by atoms with Gasteiger partial charge in [-0.05, 0) is 30.0 Å². The fourth-order valence-electron chi connectivity index (χ4n) is 3.83. The second-order valence-corrected chi connectivity index (χ2v) is 9.58. The number of unbranched alkanes of at least 4 members (excludes halogenated alkanes) is 2. The number of thiazole rings is 1. The Kier molecular flexibility index (Phi) is 9.55. The third-order valence-corrected chi connectivity index (χ3v) is 7.09. The molecule has 0 spiro atoms. The van der Waals surface area contributed by atoms with Crippen LogP contribution in [0.3, 0.4) is 0 Å². The van der Waals surface area contributed by atoms with Gasteiger partial charge in [0.2, 0.25) is 0 Å². The van der Waals surface area contributed by atoms with Gasteiger partial charge in [-0.3, -0.25) is 14.5 Å². The molecule has 0 bridgehead atoms. The van der Waals surface area contributed by atoms with Gasteiger partial charge in [0, 0.05) is 37.0 Å². The number of nitrogens with zero attached hydrogens (tertiary/aromatic N) is 3. The van der Waals surface area contributed by atoms with Crippen LogP contribution in [-0.4, -0.2) is 41.8 Å². The maximum Gasteiger partial charge on any atom is 0.318 e. The lowest BCUT2D eigenvalue weighted by Gasteiger charge is -2.24. The van der Waals surface area contributed by atoms with E-state index >= 15 is 0 Å². The number of benzene rings is 2. The summed E-state index contributed by atoms with van der Waals surface area (Å²) in [6, 6.07) is 14.7. The molecular weight excluding hydrogens is 461 g/mol. The summed E-state index contributed by atoms with van der Waals surface area (Å²) in [6.45, 7) is 7.25. The minimum atomic E-state index is -0.580. The standard InChI is InChI=1S/C28H34FN3O2S/c1-5-7-16-32(17-8-6-2)27(34)26(33)31(4)28-30-25(19-35-28)20(3)22-14-15-23(24(29)18-22)21-12-10-9-11-13-21/h9-15,18-20H,5-8,16-17H2,1-4H3. The number of carbonyl (C=O) groups excluding carboxylic acids is 2. The van der Waals surface area contributed by atoms with Crippen LogP contribution in [0.1, 0.15) is 63.6 Å². The van der Waals surface area contributed by atoms with E-state index < -0.39 is 11.8 Å². The highest BCUT2D eigenvalue weighted by molar-refractivity contribution is 7.14. The Morgan fingerprint density at radius 3 is 2.26 bits per heavy atom. The van der Waals surface area contributed by atoms with Crippen LogP contribution in [-0.2, 0) is 9.59 Å². The fourth-order valence-corrected chi connectivity index (χ4v) is 4.71. The van der Waals surface area contributed by atoms with E-state index in [1.807, 2.05) is 48.7 Å². The van der Waals surface area contributed by atoms with Crippen LogP contribution in [0.2, 0.25) is 0 Å². The van der Waals surface area contributed by atoms with Crippen molar-refractivity contribution in [1.82, 2.24) is 9.88 Å². The van der Waals surface area contributed by atoms with Crippen molar-refractivity contribution in [2.24, 2.45) is 0 Å². The summed E-state index contributed by atoms with van der Waals surface area (Å²) >= 11 is 1.31. The third-order valence-electron chi connectivity index (χ3n) is 6.16. The van der Waals surface area contributed by atoms with Crippen LogP contribution in [0.5, 0.6) is 0 Å². The number of rotatable bonds is 10. The van der Waals surface area contributed by atoms with E-state index in [1.165, 1.54) is 16.2 Å². The molecule has 3 aromatic rings. The number of likely N-dealkylation sites (N-methyl/N-ethyl adjacent to an activating group) is 1. The number of hydrogen-bond donors (Lipinski definition) is 0. The van der Waals surface area contributed by atoms with Crippen LogP contribution in [0.15, 0.2) is 53.9 Å². The van der Waals surface area contributed by atoms with Crippen molar-refractivity contribution in [3.8, 4) is 11.1 Å². The molecule has 2 aromatic carbocycles. The van der Waals surface area contributed by atoms with Crippen LogP contribution < -0.4 is 4.90 Å². The molecule has 0 aliphatic carbocycles. The summed E-state index contributed by atoms with van der Waals surface area (Å²) in [7, 11) is 1.58. The largest absolute Gasteiger partial charge is 0.334 e. The zero-order valence-corrected chi connectivity index (χ0v) is 21.8. The molecule has 0 saturated heterocycles. The lowest BCUT2D eigenvalue weighted by atomic mass is 9.95. The third kappa shape index (κ3) is 6.54. The number of halogens is 1. The van der Waals surface area contributed by atoms with E-state index in [4.69, 9.17) is 0 Å². The molecule has 2 amide bonds. The lowest BCUT2D eigenvalue weighted by molar-refractivity contribution is -0.144. The molecule has 5 nitrogen and oxygen atoms in total. The molecule has 1 atom stereocenters. The monoisotopic (exact) mass is 495 g/mol. The Bertz CT molecular complexity index is 1120. The second-order valence-electron chi connectivity index (χ2n) is 8.75. The van der Waals surface area contributed by atoms with Crippen molar-refractivity contribution in [1.29, 1.82) is 0 Å². The van der Waals surface area contributed by atoms with E-state index in [1.54, 1.807) is 24.1 Å². The molecule has 0 aliphatic heterocycles. The molecule has 35 heavy (non-hydrogen) atoms.